The largest absolute Gasteiger partial charge is 0.383 e. The van der Waals surface area contributed by atoms with Crippen molar-refractivity contribution in [2.75, 3.05) is 25.6 Å². The van der Waals surface area contributed by atoms with E-state index >= 15 is 0 Å². The van der Waals surface area contributed by atoms with Crippen molar-refractivity contribution in [1.29, 1.82) is 0 Å². The number of benzene rings is 1. The molecular formula is C15H19BrN4O4. The van der Waals surface area contributed by atoms with Gasteiger partial charge in [-0.15, -0.1) is 0 Å². The van der Waals surface area contributed by atoms with Gasteiger partial charge in [0.05, 0.1) is 13.0 Å². The van der Waals surface area contributed by atoms with E-state index in [0.717, 1.165) is 4.47 Å². The molecule has 0 aliphatic carbocycles. The Kier molecular flexibility index (Phi) is 8.52. The summed E-state index contributed by atoms with van der Waals surface area (Å²) >= 11 is 3.30. The lowest BCUT2D eigenvalue weighted by Gasteiger charge is -2.11. The molecule has 1 aromatic carbocycles. The number of anilines is 1. The summed E-state index contributed by atoms with van der Waals surface area (Å²) in [6.45, 7) is 4.13. The number of nitrogens with one attached hydrogen (secondary N) is 4. The van der Waals surface area contributed by atoms with Crippen LogP contribution >= 0.6 is 15.9 Å². The standard InChI is InChI=1S/C15H19BrN4O4/c1-10(19-20-15(23)14(22)17-7-8-24-2)9-13(21)18-12-5-3-11(16)4-6-12/h3-6,19H,1,7-9H2,2H3,(H,17,22)(H,18,21)(H,20,23). The molecule has 0 bridgehead atoms. The first-order valence-corrected chi connectivity index (χ1v) is 7.78. The lowest BCUT2D eigenvalue weighted by Crippen LogP contribution is -2.46. The molecule has 1 aromatic rings. The predicted octanol–water partition coefficient (Wildman–Crippen LogP) is 0.675. The van der Waals surface area contributed by atoms with Crippen LogP contribution in [0.2, 0.25) is 0 Å². The Labute approximate surface area is 148 Å². The number of methoxy groups -OCH3 is 1. The van der Waals surface area contributed by atoms with Crippen molar-refractivity contribution in [2.45, 2.75) is 6.42 Å². The van der Waals surface area contributed by atoms with E-state index in [4.69, 9.17) is 4.74 Å². The minimum Gasteiger partial charge on any atom is -0.383 e. The molecule has 9 heteroatoms. The Bertz CT molecular complexity index is 604. The van der Waals surface area contributed by atoms with Gasteiger partial charge in [0.15, 0.2) is 0 Å². The number of amides is 3. The topological polar surface area (TPSA) is 109 Å². The zero-order valence-corrected chi connectivity index (χ0v) is 14.7. The van der Waals surface area contributed by atoms with Crippen LogP contribution in [-0.2, 0) is 19.1 Å². The van der Waals surface area contributed by atoms with Gasteiger partial charge in [0.1, 0.15) is 0 Å². The Morgan fingerprint density at radius 2 is 1.79 bits per heavy atom. The van der Waals surface area contributed by atoms with Crippen LogP contribution < -0.4 is 21.5 Å². The SMILES string of the molecule is C=C(CC(=O)Nc1ccc(Br)cc1)NNC(=O)C(=O)NCCOC. The molecule has 4 N–H and O–H groups in total. The maximum atomic E-state index is 11.8. The van der Waals surface area contributed by atoms with Crippen LogP contribution in [0.3, 0.4) is 0 Å². The number of hydrogen-bond acceptors (Lipinski definition) is 5. The Morgan fingerprint density at radius 1 is 1.12 bits per heavy atom. The van der Waals surface area contributed by atoms with Gasteiger partial charge in [-0.05, 0) is 24.3 Å². The number of carbonyl (C=O) groups excluding carboxylic acids is 3. The molecule has 1 rings (SSSR count). The fourth-order valence-corrected chi connectivity index (χ4v) is 1.79. The number of hydrogen-bond donors (Lipinski definition) is 4. The molecule has 24 heavy (non-hydrogen) atoms. The summed E-state index contributed by atoms with van der Waals surface area (Å²) < 4.78 is 5.65. The normalized spacial score (nSPS) is 9.75. The first kappa shape index (κ1) is 19.7. The van der Waals surface area contributed by atoms with Crippen LogP contribution in [0.5, 0.6) is 0 Å². The monoisotopic (exact) mass is 398 g/mol. The fraction of sp³-hybridized carbons (Fsp3) is 0.267. The van der Waals surface area contributed by atoms with Gasteiger partial charge in [-0.3, -0.25) is 19.8 Å². The summed E-state index contributed by atoms with van der Waals surface area (Å²) in [5.41, 5.74) is 5.46. The van der Waals surface area contributed by atoms with E-state index in [9.17, 15) is 14.4 Å². The van der Waals surface area contributed by atoms with E-state index in [-0.39, 0.29) is 24.6 Å². The van der Waals surface area contributed by atoms with E-state index in [1.807, 2.05) is 0 Å². The highest BCUT2D eigenvalue weighted by molar-refractivity contribution is 9.10. The molecule has 0 fully saturated rings. The zero-order chi connectivity index (χ0) is 17.9. The third-order valence-electron chi connectivity index (χ3n) is 2.65. The number of hydrazine groups is 1. The lowest BCUT2D eigenvalue weighted by atomic mass is 10.3. The van der Waals surface area contributed by atoms with Gasteiger partial charge in [-0.2, -0.15) is 0 Å². The van der Waals surface area contributed by atoms with E-state index in [2.05, 4.69) is 44.0 Å². The van der Waals surface area contributed by atoms with Crippen LogP contribution in [-0.4, -0.2) is 38.0 Å². The molecule has 0 aliphatic heterocycles. The summed E-state index contributed by atoms with van der Waals surface area (Å²) in [6, 6.07) is 7.07. The average molecular weight is 399 g/mol. The molecule has 0 heterocycles. The van der Waals surface area contributed by atoms with Gasteiger partial charge in [0, 0.05) is 29.5 Å². The van der Waals surface area contributed by atoms with Crippen molar-refractivity contribution < 1.29 is 19.1 Å². The Morgan fingerprint density at radius 3 is 2.42 bits per heavy atom. The second kappa shape index (κ2) is 10.4. The average Bonchev–Trinajstić information content (AvgIpc) is 2.54. The van der Waals surface area contributed by atoms with Crippen LogP contribution in [0.15, 0.2) is 41.0 Å². The van der Waals surface area contributed by atoms with Gasteiger partial charge in [-0.25, -0.2) is 0 Å². The summed E-state index contributed by atoms with van der Waals surface area (Å²) in [6.07, 6.45) is -0.0678. The molecule has 0 radical (unpaired) electrons. The fourth-order valence-electron chi connectivity index (χ4n) is 1.53. The molecule has 0 unspecified atom stereocenters. The van der Waals surface area contributed by atoms with Gasteiger partial charge in [0.2, 0.25) is 5.91 Å². The lowest BCUT2D eigenvalue weighted by molar-refractivity contribution is -0.139. The maximum Gasteiger partial charge on any atom is 0.327 e. The second-order valence-corrected chi connectivity index (χ2v) is 5.58. The molecule has 130 valence electrons. The molecule has 0 aromatic heterocycles. The van der Waals surface area contributed by atoms with Crippen molar-refractivity contribution in [2.24, 2.45) is 0 Å². The Hall–Kier alpha value is -2.39. The summed E-state index contributed by atoms with van der Waals surface area (Å²) in [7, 11) is 1.48. The highest BCUT2D eigenvalue weighted by Crippen LogP contribution is 2.14. The minimum atomic E-state index is -0.888. The molecule has 3 amide bonds. The summed E-state index contributed by atoms with van der Waals surface area (Å²) in [5.74, 6) is -2.01. The van der Waals surface area contributed by atoms with Gasteiger partial charge < -0.3 is 20.8 Å². The van der Waals surface area contributed by atoms with Crippen molar-refractivity contribution in [3.63, 3.8) is 0 Å². The zero-order valence-electron chi connectivity index (χ0n) is 13.1. The number of rotatable bonds is 8. The molecule has 0 atom stereocenters. The van der Waals surface area contributed by atoms with Crippen LogP contribution in [0.1, 0.15) is 6.42 Å². The van der Waals surface area contributed by atoms with Crippen molar-refractivity contribution in [3.05, 3.63) is 41.0 Å². The smallest absolute Gasteiger partial charge is 0.327 e. The van der Waals surface area contributed by atoms with Crippen molar-refractivity contribution >= 4 is 39.3 Å². The molecule has 0 saturated carbocycles. The van der Waals surface area contributed by atoms with E-state index < -0.39 is 11.8 Å². The van der Waals surface area contributed by atoms with Gasteiger partial charge in [-0.1, -0.05) is 22.5 Å². The first-order chi connectivity index (χ1) is 11.4. The number of halogens is 1. The quantitative estimate of drug-likeness (QED) is 0.292. The minimum absolute atomic E-state index is 0.0678. The van der Waals surface area contributed by atoms with Crippen LogP contribution in [0, 0.1) is 0 Å². The van der Waals surface area contributed by atoms with E-state index in [1.54, 1.807) is 24.3 Å². The predicted molar refractivity (Wildman–Crippen MR) is 92.7 cm³/mol. The highest BCUT2D eigenvalue weighted by atomic mass is 79.9. The van der Waals surface area contributed by atoms with Crippen molar-refractivity contribution in [1.82, 2.24) is 16.2 Å². The highest BCUT2D eigenvalue weighted by Gasteiger charge is 2.13. The van der Waals surface area contributed by atoms with Gasteiger partial charge >= 0.3 is 11.8 Å². The second-order valence-electron chi connectivity index (χ2n) is 4.66. The molecule has 8 nitrogen and oxygen atoms in total. The summed E-state index contributed by atoms with van der Waals surface area (Å²) in [5, 5.41) is 5.03. The van der Waals surface area contributed by atoms with Gasteiger partial charge in [0.25, 0.3) is 0 Å². The number of carbonyl (C=O) groups is 3. The van der Waals surface area contributed by atoms with Crippen LogP contribution in [0.25, 0.3) is 0 Å². The third kappa shape index (κ3) is 7.75. The maximum absolute atomic E-state index is 11.8. The number of ether oxygens (including phenoxy) is 1. The molecule has 0 aliphatic rings. The molecule has 0 saturated heterocycles. The third-order valence-corrected chi connectivity index (χ3v) is 3.18. The Balaban J connectivity index is 2.29. The van der Waals surface area contributed by atoms with E-state index in [0.29, 0.717) is 12.3 Å². The first-order valence-electron chi connectivity index (χ1n) is 6.98. The molecular weight excluding hydrogens is 380 g/mol. The van der Waals surface area contributed by atoms with Crippen LogP contribution in [0.4, 0.5) is 5.69 Å². The van der Waals surface area contributed by atoms with Crippen molar-refractivity contribution in [3.8, 4) is 0 Å². The van der Waals surface area contributed by atoms with E-state index in [1.165, 1.54) is 7.11 Å². The summed E-state index contributed by atoms with van der Waals surface area (Å²) in [4.78, 5) is 34.7. The molecule has 0 spiro atoms.